The monoisotopic (exact) mass is 275 g/mol. The number of carboxylic acids is 1. The van der Waals surface area contributed by atoms with Gasteiger partial charge in [0.15, 0.2) is 0 Å². The third-order valence-electron chi connectivity index (χ3n) is 4.14. The molecule has 0 bridgehead atoms. The third-order valence-corrected chi connectivity index (χ3v) is 4.14. The van der Waals surface area contributed by atoms with Gasteiger partial charge in [0, 0.05) is 12.1 Å². The molecule has 4 nitrogen and oxygen atoms in total. The van der Waals surface area contributed by atoms with E-state index < -0.39 is 5.97 Å². The van der Waals surface area contributed by atoms with Crippen molar-refractivity contribution >= 4 is 11.9 Å². The Morgan fingerprint density at radius 1 is 1.20 bits per heavy atom. The largest absolute Gasteiger partial charge is 0.481 e. The number of benzene rings is 1. The van der Waals surface area contributed by atoms with Gasteiger partial charge in [0.2, 0.25) is 0 Å². The second-order valence-corrected chi connectivity index (χ2v) is 5.58. The number of carbonyl (C=O) groups is 2. The van der Waals surface area contributed by atoms with Gasteiger partial charge in [0.25, 0.3) is 5.91 Å². The molecule has 0 atom stereocenters. The van der Waals surface area contributed by atoms with Crippen LogP contribution in [0, 0.1) is 18.8 Å². The summed E-state index contributed by atoms with van der Waals surface area (Å²) in [4.78, 5) is 23.0. The maximum atomic E-state index is 12.1. The highest BCUT2D eigenvalue weighted by atomic mass is 16.4. The van der Waals surface area contributed by atoms with Crippen LogP contribution in [0.5, 0.6) is 0 Å². The Morgan fingerprint density at radius 3 is 2.45 bits per heavy atom. The number of carboxylic acid groups (broad SMARTS) is 1. The van der Waals surface area contributed by atoms with E-state index in [9.17, 15) is 9.59 Å². The van der Waals surface area contributed by atoms with Crippen LogP contribution in [0.15, 0.2) is 24.3 Å². The van der Waals surface area contributed by atoms with Gasteiger partial charge in [-0.25, -0.2) is 0 Å². The molecule has 20 heavy (non-hydrogen) atoms. The highest BCUT2D eigenvalue weighted by Crippen LogP contribution is 2.28. The minimum absolute atomic E-state index is 0.0385. The first-order chi connectivity index (χ1) is 9.58. The summed E-state index contributed by atoms with van der Waals surface area (Å²) < 4.78 is 0. The predicted octanol–water partition coefficient (Wildman–Crippen LogP) is 2.62. The van der Waals surface area contributed by atoms with Gasteiger partial charge in [-0.15, -0.1) is 0 Å². The number of amides is 1. The van der Waals surface area contributed by atoms with Crippen molar-refractivity contribution in [1.82, 2.24) is 5.32 Å². The molecule has 108 valence electrons. The Morgan fingerprint density at radius 2 is 1.85 bits per heavy atom. The summed E-state index contributed by atoms with van der Waals surface area (Å²) in [6.45, 7) is 2.56. The van der Waals surface area contributed by atoms with Gasteiger partial charge < -0.3 is 10.4 Å². The molecule has 1 amide bonds. The molecule has 2 rings (SSSR count). The minimum Gasteiger partial charge on any atom is -0.481 e. The zero-order valence-corrected chi connectivity index (χ0v) is 11.8. The average Bonchev–Trinajstić information content (AvgIpc) is 2.45. The molecule has 0 unspecified atom stereocenters. The summed E-state index contributed by atoms with van der Waals surface area (Å²) in [5, 5.41) is 11.9. The number of rotatable bonds is 4. The summed E-state index contributed by atoms with van der Waals surface area (Å²) in [6, 6.07) is 7.53. The first-order valence-corrected chi connectivity index (χ1v) is 7.14. The lowest BCUT2D eigenvalue weighted by Crippen LogP contribution is -2.32. The molecule has 1 aromatic rings. The van der Waals surface area contributed by atoms with Crippen molar-refractivity contribution in [3.05, 3.63) is 35.4 Å². The lowest BCUT2D eigenvalue weighted by atomic mass is 9.82. The minimum atomic E-state index is -0.688. The van der Waals surface area contributed by atoms with E-state index in [0.29, 0.717) is 18.0 Å². The van der Waals surface area contributed by atoms with E-state index in [0.717, 1.165) is 31.2 Å². The van der Waals surface area contributed by atoms with Crippen LogP contribution in [0.1, 0.15) is 41.6 Å². The molecule has 0 aromatic heterocycles. The molecule has 0 aliphatic heterocycles. The van der Waals surface area contributed by atoms with E-state index in [1.807, 2.05) is 31.2 Å². The first kappa shape index (κ1) is 14.6. The molecule has 4 heteroatoms. The summed E-state index contributed by atoms with van der Waals surface area (Å²) in [5.41, 5.74) is 1.69. The highest BCUT2D eigenvalue weighted by molar-refractivity contribution is 5.95. The lowest BCUT2D eigenvalue weighted by Gasteiger charge is -2.26. The van der Waals surface area contributed by atoms with Crippen LogP contribution < -0.4 is 5.32 Å². The smallest absolute Gasteiger partial charge is 0.306 e. The van der Waals surface area contributed by atoms with Gasteiger partial charge in [-0.1, -0.05) is 18.2 Å². The third kappa shape index (κ3) is 3.59. The van der Waals surface area contributed by atoms with Gasteiger partial charge in [-0.05, 0) is 50.2 Å². The Kier molecular flexibility index (Phi) is 4.77. The Labute approximate surface area is 119 Å². The van der Waals surface area contributed by atoms with Crippen LogP contribution in [0.2, 0.25) is 0 Å². The van der Waals surface area contributed by atoms with Crippen LogP contribution in [0.3, 0.4) is 0 Å². The fourth-order valence-corrected chi connectivity index (χ4v) is 2.77. The van der Waals surface area contributed by atoms with Gasteiger partial charge in [-0.3, -0.25) is 9.59 Å². The number of carbonyl (C=O) groups excluding carboxylic acids is 1. The van der Waals surface area contributed by atoms with Crippen molar-refractivity contribution in [3.8, 4) is 0 Å². The van der Waals surface area contributed by atoms with Crippen LogP contribution in [-0.4, -0.2) is 23.5 Å². The normalized spacial score (nSPS) is 22.2. The molecule has 0 saturated heterocycles. The molecule has 1 fully saturated rings. The van der Waals surface area contributed by atoms with Crippen LogP contribution in [-0.2, 0) is 4.79 Å². The van der Waals surface area contributed by atoms with Crippen molar-refractivity contribution in [1.29, 1.82) is 0 Å². The number of hydrogen-bond donors (Lipinski definition) is 2. The summed E-state index contributed by atoms with van der Waals surface area (Å²) in [5.74, 6) is -0.521. The molecule has 2 N–H and O–H groups in total. The van der Waals surface area contributed by atoms with E-state index in [-0.39, 0.29) is 11.8 Å². The zero-order chi connectivity index (χ0) is 14.5. The van der Waals surface area contributed by atoms with Gasteiger partial charge in [0.1, 0.15) is 0 Å². The van der Waals surface area contributed by atoms with E-state index >= 15 is 0 Å². The number of aliphatic carboxylic acids is 1. The predicted molar refractivity (Wildman–Crippen MR) is 76.6 cm³/mol. The van der Waals surface area contributed by atoms with E-state index in [1.54, 1.807) is 0 Å². The van der Waals surface area contributed by atoms with Crippen molar-refractivity contribution in [2.75, 3.05) is 6.54 Å². The summed E-state index contributed by atoms with van der Waals surface area (Å²) in [7, 11) is 0. The molecule has 1 saturated carbocycles. The van der Waals surface area contributed by atoms with Gasteiger partial charge in [0.05, 0.1) is 5.92 Å². The van der Waals surface area contributed by atoms with Crippen LogP contribution in [0.4, 0.5) is 0 Å². The van der Waals surface area contributed by atoms with E-state index in [2.05, 4.69) is 5.32 Å². The fraction of sp³-hybridized carbons (Fsp3) is 0.500. The average molecular weight is 275 g/mol. The standard InChI is InChI=1S/C16H21NO3/c1-11-4-2-3-5-14(11)15(18)17-10-12-6-8-13(9-7-12)16(19)20/h2-5,12-13H,6-10H2,1H3,(H,17,18)(H,19,20). The number of hydrogen-bond acceptors (Lipinski definition) is 2. The maximum Gasteiger partial charge on any atom is 0.306 e. The second-order valence-electron chi connectivity index (χ2n) is 5.58. The van der Waals surface area contributed by atoms with E-state index in [1.165, 1.54) is 0 Å². The van der Waals surface area contributed by atoms with E-state index in [4.69, 9.17) is 5.11 Å². The summed E-state index contributed by atoms with van der Waals surface area (Å²) in [6.07, 6.45) is 3.20. The number of aryl methyl sites for hydroxylation is 1. The summed E-state index contributed by atoms with van der Waals surface area (Å²) >= 11 is 0. The topological polar surface area (TPSA) is 66.4 Å². The van der Waals surface area contributed by atoms with Crippen molar-refractivity contribution < 1.29 is 14.7 Å². The zero-order valence-electron chi connectivity index (χ0n) is 11.8. The van der Waals surface area contributed by atoms with Gasteiger partial charge in [-0.2, -0.15) is 0 Å². The van der Waals surface area contributed by atoms with Crippen LogP contribution >= 0.6 is 0 Å². The second kappa shape index (κ2) is 6.55. The van der Waals surface area contributed by atoms with Crippen molar-refractivity contribution in [2.24, 2.45) is 11.8 Å². The molecule has 0 spiro atoms. The quantitative estimate of drug-likeness (QED) is 0.887. The first-order valence-electron chi connectivity index (χ1n) is 7.14. The molecule has 0 heterocycles. The molecule has 1 aromatic carbocycles. The van der Waals surface area contributed by atoms with Crippen molar-refractivity contribution in [2.45, 2.75) is 32.6 Å². The molecule has 1 aliphatic carbocycles. The SMILES string of the molecule is Cc1ccccc1C(=O)NCC1CCC(C(=O)O)CC1. The fourth-order valence-electron chi connectivity index (χ4n) is 2.77. The number of nitrogens with one attached hydrogen (secondary N) is 1. The Bertz CT molecular complexity index is 490. The van der Waals surface area contributed by atoms with Gasteiger partial charge >= 0.3 is 5.97 Å². The van der Waals surface area contributed by atoms with Crippen LogP contribution in [0.25, 0.3) is 0 Å². The Balaban J connectivity index is 1.80. The lowest BCUT2D eigenvalue weighted by molar-refractivity contribution is -0.143. The Hall–Kier alpha value is -1.84. The molecular formula is C16H21NO3. The maximum absolute atomic E-state index is 12.1. The van der Waals surface area contributed by atoms with Crippen molar-refractivity contribution in [3.63, 3.8) is 0 Å². The molecule has 1 aliphatic rings. The molecular weight excluding hydrogens is 254 g/mol. The molecule has 0 radical (unpaired) electrons. The highest BCUT2D eigenvalue weighted by Gasteiger charge is 2.26.